The highest BCUT2D eigenvalue weighted by molar-refractivity contribution is 5.91. The first-order chi connectivity index (χ1) is 8.20. The summed E-state index contributed by atoms with van der Waals surface area (Å²) in [7, 11) is 0. The number of rotatable bonds is 3. The minimum Gasteiger partial charge on any atom is -0.409 e. The van der Waals surface area contributed by atoms with E-state index in [4.69, 9.17) is 10.9 Å². The summed E-state index contributed by atoms with van der Waals surface area (Å²) in [6.45, 7) is 1.10. The lowest BCUT2D eigenvalue weighted by Gasteiger charge is -2.16. The maximum Gasteiger partial charge on any atom is 0.223 e. The van der Waals surface area contributed by atoms with Gasteiger partial charge < -0.3 is 15.8 Å². The molecule has 3 N–H and O–H groups in total. The summed E-state index contributed by atoms with van der Waals surface area (Å²) in [6.07, 6.45) is 0.322. The maximum absolute atomic E-state index is 11.7. The Labute approximate surface area is 99.5 Å². The fourth-order valence-electron chi connectivity index (χ4n) is 2.01. The molecule has 0 bridgehead atoms. The van der Waals surface area contributed by atoms with Crippen molar-refractivity contribution in [3.63, 3.8) is 0 Å². The first-order valence-corrected chi connectivity index (χ1v) is 5.50. The number of amidine groups is 1. The van der Waals surface area contributed by atoms with Crippen molar-refractivity contribution >= 4 is 11.7 Å². The van der Waals surface area contributed by atoms with Gasteiger partial charge in [0.15, 0.2) is 0 Å². The van der Waals surface area contributed by atoms with Gasteiger partial charge >= 0.3 is 0 Å². The van der Waals surface area contributed by atoms with E-state index in [1.165, 1.54) is 0 Å². The summed E-state index contributed by atoms with van der Waals surface area (Å²) in [4.78, 5) is 13.5. The zero-order valence-corrected chi connectivity index (χ0v) is 9.41. The van der Waals surface area contributed by atoms with Crippen LogP contribution in [-0.2, 0) is 11.3 Å². The van der Waals surface area contributed by atoms with Gasteiger partial charge in [-0.1, -0.05) is 35.5 Å². The third-order valence-corrected chi connectivity index (χ3v) is 2.96. The van der Waals surface area contributed by atoms with E-state index in [0.29, 0.717) is 19.5 Å². The summed E-state index contributed by atoms with van der Waals surface area (Å²) >= 11 is 0. The first-order valence-electron chi connectivity index (χ1n) is 5.50. The summed E-state index contributed by atoms with van der Waals surface area (Å²) in [5, 5.41) is 11.6. The van der Waals surface area contributed by atoms with E-state index in [9.17, 15) is 4.79 Å². The maximum atomic E-state index is 11.7. The molecular formula is C12H15N3O2. The molecule has 0 aliphatic carbocycles. The van der Waals surface area contributed by atoms with Crippen molar-refractivity contribution < 1.29 is 10.0 Å². The monoisotopic (exact) mass is 233 g/mol. The molecule has 1 aliphatic heterocycles. The number of likely N-dealkylation sites (tertiary alicyclic amines) is 1. The Morgan fingerprint density at radius 2 is 2.18 bits per heavy atom. The summed E-state index contributed by atoms with van der Waals surface area (Å²) < 4.78 is 0. The van der Waals surface area contributed by atoms with E-state index in [1.807, 2.05) is 30.3 Å². The molecule has 0 unspecified atom stereocenters. The molecule has 0 aromatic heterocycles. The van der Waals surface area contributed by atoms with Crippen LogP contribution in [0.5, 0.6) is 0 Å². The van der Waals surface area contributed by atoms with Crippen LogP contribution in [0.15, 0.2) is 35.5 Å². The minimum atomic E-state index is -0.170. The van der Waals surface area contributed by atoms with E-state index in [0.717, 1.165) is 5.56 Å². The van der Waals surface area contributed by atoms with E-state index >= 15 is 0 Å². The highest BCUT2D eigenvalue weighted by Gasteiger charge is 2.32. The number of carbonyl (C=O) groups excluding carboxylic acids is 1. The molecule has 5 nitrogen and oxygen atoms in total. The molecule has 90 valence electrons. The third kappa shape index (κ3) is 2.55. The van der Waals surface area contributed by atoms with Crippen LogP contribution < -0.4 is 5.73 Å². The molecule has 0 saturated carbocycles. The molecule has 0 spiro atoms. The smallest absolute Gasteiger partial charge is 0.223 e. The van der Waals surface area contributed by atoms with Crippen molar-refractivity contribution in [1.82, 2.24) is 4.90 Å². The Morgan fingerprint density at radius 3 is 2.82 bits per heavy atom. The number of nitrogens with two attached hydrogens (primary N) is 1. The predicted octanol–water partition coefficient (Wildman–Crippen LogP) is 0.781. The lowest BCUT2D eigenvalue weighted by atomic mass is 10.1. The summed E-state index contributed by atoms with van der Waals surface area (Å²) in [5.41, 5.74) is 6.60. The van der Waals surface area contributed by atoms with Crippen LogP contribution in [0.4, 0.5) is 0 Å². The Balaban J connectivity index is 2.02. The van der Waals surface area contributed by atoms with Gasteiger partial charge in [0.1, 0.15) is 5.84 Å². The van der Waals surface area contributed by atoms with Crippen molar-refractivity contribution in [2.75, 3.05) is 6.54 Å². The quantitative estimate of drug-likeness (QED) is 0.350. The van der Waals surface area contributed by atoms with E-state index in [1.54, 1.807) is 4.90 Å². The highest BCUT2D eigenvalue weighted by atomic mass is 16.4. The number of oxime groups is 1. The second-order valence-electron chi connectivity index (χ2n) is 4.19. The average Bonchev–Trinajstić information content (AvgIpc) is 2.71. The van der Waals surface area contributed by atoms with Crippen LogP contribution >= 0.6 is 0 Å². The first kappa shape index (κ1) is 11.4. The number of benzene rings is 1. The van der Waals surface area contributed by atoms with Gasteiger partial charge in [-0.3, -0.25) is 4.79 Å². The molecule has 1 amide bonds. The van der Waals surface area contributed by atoms with Gasteiger partial charge in [0, 0.05) is 25.4 Å². The molecule has 1 aliphatic rings. The molecule has 5 heteroatoms. The minimum absolute atomic E-state index is 0.0467. The molecule has 2 rings (SSSR count). The zero-order chi connectivity index (χ0) is 12.3. The largest absolute Gasteiger partial charge is 0.409 e. The molecule has 1 saturated heterocycles. The Kier molecular flexibility index (Phi) is 3.27. The summed E-state index contributed by atoms with van der Waals surface area (Å²) in [5.74, 6) is 0.00979. The highest BCUT2D eigenvalue weighted by Crippen LogP contribution is 2.20. The standard InChI is InChI=1S/C12H15N3O2/c13-12(14-17)10-6-11(16)15(8-10)7-9-4-2-1-3-5-9/h1-5,10,17H,6-8H2,(H2,13,14)/t10-/m0/s1. The Morgan fingerprint density at radius 1 is 1.47 bits per heavy atom. The van der Waals surface area contributed by atoms with Crippen molar-refractivity contribution in [3.8, 4) is 0 Å². The Bertz CT molecular complexity index is 431. The predicted molar refractivity (Wildman–Crippen MR) is 63.4 cm³/mol. The van der Waals surface area contributed by atoms with Gasteiger partial charge in [-0.15, -0.1) is 0 Å². The molecule has 17 heavy (non-hydrogen) atoms. The average molecular weight is 233 g/mol. The van der Waals surface area contributed by atoms with E-state index in [2.05, 4.69) is 5.16 Å². The van der Waals surface area contributed by atoms with E-state index in [-0.39, 0.29) is 17.7 Å². The van der Waals surface area contributed by atoms with Gasteiger partial charge in [-0.2, -0.15) is 0 Å². The Hall–Kier alpha value is -2.04. The SMILES string of the molecule is N/C(=N/O)[C@H]1CC(=O)N(Cc2ccccc2)C1. The number of hydrogen-bond acceptors (Lipinski definition) is 3. The molecule has 1 heterocycles. The number of amides is 1. The van der Waals surface area contributed by atoms with Gasteiger partial charge in [0.25, 0.3) is 0 Å². The second kappa shape index (κ2) is 4.86. The molecule has 1 atom stereocenters. The third-order valence-electron chi connectivity index (χ3n) is 2.96. The van der Waals surface area contributed by atoms with Crippen molar-refractivity contribution in [2.45, 2.75) is 13.0 Å². The molecule has 1 fully saturated rings. The second-order valence-corrected chi connectivity index (χ2v) is 4.19. The van der Waals surface area contributed by atoms with Gasteiger partial charge in [0.2, 0.25) is 5.91 Å². The molecule has 1 aromatic rings. The van der Waals surface area contributed by atoms with Crippen molar-refractivity contribution in [3.05, 3.63) is 35.9 Å². The number of hydrogen-bond donors (Lipinski definition) is 2. The molecular weight excluding hydrogens is 218 g/mol. The van der Waals surface area contributed by atoms with Gasteiger partial charge in [0.05, 0.1) is 0 Å². The van der Waals surface area contributed by atoms with Crippen LogP contribution in [0.3, 0.4) is 0 Å². The van der Waals surface area contributed by atoms with Crippen LogP contribution in [0.25, 0.3) is 0 Å². The lowest BCUT2D eigenvalue weighted by molar-refractivity contribution is -0.128. The van der Waals surface area contributed by atoms with Crippen molar-refractivity contribution in [1.29, 1.82) is 0 Å². The fraction of sp³-hybridized carbons (Fsp3) is 0.333. The fourth-order valence-corrected chi connectivity index (χ4v) is 2.01. The topological polar surface area (TPSA) is 78.9 Å². The number of carbonyl (C=O) groups is 1. The molecule has 0 radical (unpaired) electrons. The normalized spacial score (nSPS) is 20.9. The van der Waals surface area contributed by atoms with Crippen LogP contribution in [0.1, 0.15) is 12.0 Å². The van der Waals surface area contributed by atoms with Crippen LogP contribution in [0.2, 0.25) is 0 Å². The van der Waals surface area contributed by atoms with Gasteiger partial charge in [-0.05, 0) is 5.56 Å². The summed E-state index contributed by atoms with van der Waals surface area (Å²) in [6, 6.07) is 9.77. The van der Waals surface area contributed by atoms with E-state index < -0.39 is 0 Å². The lowest BCUT2D eigenvalue weighted by Crippen LogP contribution is -2.28. The van der Waals surface area contributed by atoms with Crippen LogP contribution in [-0.4, -0.2) is 28.4 Å². The van der Waals surface area contributed by atoms with Crippen LogP contribution in [0, 0.1) is 5.92 Å². The molecule has 1 aromatic carbocycles. The zero-order valence-electron chi connectivity index (χ0n) is 9.41. The number of nitrogens with zero attached hydrogens (tertiary/aromatic N) is 2. The van der Waals surface area contributed by atoms with Gasteiger partial charge in [-0.25, -0.2) is 0 Å². The van der Waals surface area contributed by atoms with Crippen molar-refractivity contribution in [2.24, 2.45) is 16.8 Å².